The first-order valence-corrected chi connectivity index (χ1v) is 9.48. The summed E-state index contributed by atoms with van der Waals surface area (Å²) in [6, 6.07) is 8.60. The number of carboxylic acid groups (broad SMARTS) is 1. The molecule has 0 saturated heterocycles. The van der Waals surface area contributed by atoms with Crippen molar-refractivity contribution >= 4 is 51.3 Å². The number of thiazole rings is 1. The van der Waals surface area contributed by atoms with Gasteiger partial charge < -0.3 is 5.11 Å². The van der Waals surface area contributed by atoms with Crippen LogP contribution >= 0.6 is 22.7 Å². The second kappa shape index (κ2) is 6.81. The summed E-state index contributed by atoms with van der Waals surface area (Å²) in [5.74, 6) is -1.15. The lowest BCUT2D eigenvalue weighted by Gasteiger charge is -2.21. The monoisotopic (exact) mass is 380 g/mol. The number of hydrogen-bond donors (Lipinski definition) is 2. The number of aromatic nitrogens is 1. The summed E-state index contributed by atoms with van der Waals surface area (Å²) in [6.07, 6.45) is 1.63. The number of para-hydroxylation sites is 1. The van der Waals surface area contributed by atoms with Crippen molar-refractivity contribution in [3.8, 4) is 9.88 Å². The summed E-state index contributed by atoms with van der Waals surface area (Å²) in [4.78, 5) is 16.4. The molecule has 0 bridgehead atoms. The second-order valence-electron chi connectivity index (χ2n) is 4.78. The van der Waals surface area contributed by atoms with E-state index in [1.807, 2.05) is 6.07 Å². The van der Waals surface area contributed by atoms with Crippen molar-refractivity contribution in [1.29, 1.82) is 0 Å². The summed E-state index contributed by atoms with van der Waals surface area (Å²) >= 11 is -0.00511. The number of anilines is 2. The SMILES string of the molecule is Cc1ccccc1N(c1cc(-c2nccs2)sc1C(=O)O)S(=O)O. The predicted octanol–water partition coefficient (Wildman–Crippen LogP) is 4.15. The van der Waals surface area contributed by atoms with E-state index in [1.165, 1.54) is 11.3 Å². The molecule has 2 heterocycles. The number of rotatable bonds is 5. The lowest BCUT2D eigenvalue weighted by molar-refractivity contribution is 0.0703. The van der Waals surface area contributed by atoms with Gasteiger partial charge in [0.05, 0.1) is 16.3 Å². The van der Waals surface area contributed by atoms with Crippen LogP contribution in [0.1, 0.15) is 15.2 Å². The van der Waals surface area contributed by atoms with E-state index in [0.717, 1.165) is 21.2 Å². The van der Waals surface area contributed by atoms with Crippen molar-refractivity contribution in [2.45, 2.75) is 6.92 Å². The van der Waals surface area contributed by atoms with Gasteiger partial charge in [0.2, 0.25) is 0 Å². The van der Waals surface area contributed by atoms with Crippen molar-refractivity contribution in [3.05, 3.63) is 52.3 Å². The van der Waals surface area contributed by atoms with Gasteiger partial charge in [0.25, 0.3) is 11.3 Å². The van der Waals surface area contributed by atoms with Crippen LogP contribution in [-0.2, 0) is 11.3 Å². The van der Waals surface area contributed by atoms with Gasteiger partial charge in [-0.15, -0.1) is 22.7 Å². The molecule has 0 radical (unpaired) electrons. The van der Waals surface area contributed by atoms with Crippen LogP contribution in [0, 0.1) is 6.92 Å². The maximum atomic E-state index is 12.0. The third-order valence-corrected chi connectivity index (χ3v) is 6.02. The zero-order valence-electron chi connectivity index (χ0n) is 12.4. The highest BCUT2D eigenvalue weighted by molar-refractivity contribution is 7.81. The van der Waals surface area contributed by atoms with Crippen molar-refractivity contribution in [2.75, 3.05) is 4.31 Å². The fourth-order valence-electron chi connectivity index (χ4n) is 2.23. The molecule has 24 heavy (non-hydrogen) atoms. The summed E-state index contributed by atoms with van der Waals surface area (Å²) in [5, 5.41) is 12.0. The van der Waals surface area contributed by atoms with Crippen LogP contribution in [0.3, 0.4) is 0 Å². The third-order valence-electron chi connectivity index (χ3n) is 3.26. The minimum absolute atomic E-state index is 0.00847. The maximum Gasteiger partial charge on any atom is 0.348 e. The largest absolute Gasteiger partial charge is 0.477 e. The lowest BCUT2D eigenvalue weighted by Crippen LogP contribution is -2.21. The standard InChI is InChI=1S/C15H12N2O4S3/c1-9-4-2-3-5-10(9)17(24(20)21)11-8-12(14-16-6-7-22-14)23-13(11)15(18)19/h2-8H,1H3,(H,18,19)(H,20,21). The molecule has 0 amide bonds. The summed E-state index contributed by atoms with van der Waals surface area (Å²) in [6.45, 7) is 1.80. The van der Waals surface area contributed by atoms with Gasteiger partial charge in [0.15, 0.2) is 0 Å². The highest BCUT2D eigenvalue weighted by Crippen LogP contribution is 2.41. The van der Waals surface area contributed by atoms with Crippen molar-refractivity contribution in [2.24, 2.45) is 0 Å². The Morgan fingerprint density at radius 1 is 1.29 bits per heavy atom. The first kappa shape index (κ1) is 16.8. The van der Waals surface area contributed by atoms with Crippen LogP contribution in [-0.4, -0.2) is 24.8 Å². The quantitative estimate of drug-likeness (QED) is 0.649. The Balaban J connectivity index is 2.20. The Morgan fingerprint density at radius 3 is 2.62 bits per heavy atom. The summed E-state index contributed by atoms with van der Waals surface area (Å²) in [5.41, 5.74) is 1.41. The summed E-state index contributed by atoms with van der Waals surface area (Å²) < 4.78 is 22.9. The number of benzene rings is 1. The minimum Gasteiger partial charge on any atom is -0.477 e. The van der Waals surface area contributed by atoms with E-state index in [4.69, 9.17) is 0 Å². The highest BCUT2D eigenvalue weighted by atomic mass is 32.2. The molecule has 1 aromatic carbocycles. The number of aromatic carboxylic acids is 1. The Labute approximate surface area is 148 Å². The van der Waals surface area contributed by atoms with Crippen molar-refractivity contribution in [1.82, 2.24) is 4.98 Å². The number of nitrogens with zero attached hydrogens (tertiary/aromatic N) is 2. The van der Waals surface area contributed by atoms with Gasteiger partial charge in [-0.1, -0.05) is 18.2 Å². The molecule has 3 aromatic rings. The number of carboxylic acids is 1. The zero-order chi connectivity index (χ0) is 17.3. The van der Waals surface area contributed by atoms with Gasteiger partial charge in [-0.25, -0.2) is 18.3 Å². The molecule has 2 aromatic heterocycles. The smallest absolute Gasteiger partial charge is 0.348 e. The van der Waals surface area contributed by atoms with Crippen molar-refractivity contribution < 1.29 is 18.7 Å². The fourth-order valence-corrected chi connectivity index (χ4v) is 4.66. The molecule has 124 valence electrons. The van der Waals surface area contributed by atoms with Gasteiger partial charge in [-0.05, 0) is 24.6 Å². The normalized spacial score (nSPS) is 12.1. The van der Waals surface area contributed by atoms with E-state index in [9.17, 15) is 18.7 Å². The van der Waals surface area contributed by atoms with Crippen LogP contribution in [0.4, 0.5) is 11.4 Å². The Morgan fingerprint density at radius 2 is 2.04 bits per heavy atom. The molecule has 0 aliphatic rings. The van der Waals surface area contributed by atoms with E-state index >= 15 is 0 Å². The van der Waals surface area contributed by atoms with Gasteiger partial charge in [0.1, 0.15) is 9.88 Å². The first-order valence-electron chi connectivity index (χ1n) is 6.72. The molecule has 6 nitrogen and oxygen atoms in total. The van der Waals surface area contributed by atoms with E-state index in [2.05, 4.69) is 4.98 Å². The second-order valence-corrected chi connectivity index (χ2v) is 7.55. The topological polar surface area (TPSA) is 90.7 Å². The van der Waals surface area contributed by atoms with Gasteiger partial charge in [-0.2, -0.15) is 0 Å². The Hall–Kier alpha value is -2.07. The third kappa shape index (κ3) is 3.11. The molecule has 2 N–H and O–H groups in total. The predicted molar refractivity (Wildman–Crippen MR) is 96.5 cm³/mol. The Bertz CT molecular complexity index is 905. The van der Waals surface area contributed by atoms with Crippen LogP contribution in [0.2, 0.25) is 0 Å². The first-order chi connectivity index (χ1) is 11.5. The van der Waals surface area contributed by atoms with Crippen LogP contribution in [0.5, 0.6) is 0 Å². The van der Waals surface area contributed by atoms with Crippen LogP contribution in [0.15, 0.2) is 41.9 Å². The maximum absolute atomic E-state index is 12.0. The molecule has 1 unspecified atom stereocenters. The molecule has 0 aliphatic heterocycles. The molecule has 0 aliphatic carbocycles. The van der Waals surface area contributed by atoms with Crippen molar-refractivity contribution in [3.63, 3.8) is 0 Å². The molecule has 1 atom stereocenters. The molecule has 0 fully saturated rings. The number of aryl methyl sites for hydroxylation is 1. The molecule has 9 heteroatoms. The zero-order valence-corrected chi connectivity index (χ0v) is 14.8. The van der Waals surface area contributed by atoms with Crippen LogP contribution in [0.25, 0.3) is 9.88 Å². The Kier molecular flexibility index (Phi) is 4.76. The van der Waals surface area contributed by atoms with E-state index in [0.29, 0.717) is 15.6 Å². The van der Waals surface area contributed by atoms with E-state index < -0.39 is 17.2 Å². The number of thiophene rings is 1. The summed E-state index contributed by atoms with van der Waals surface area (Å²) in [7, 11) is 0. The highest BCUT2D eigenvalue weighted by Gasteiger charge is 2.26. The van der Waals surface area contributed by atoms with E-state index in [1.54, 1.807) is 42.8 Å². The number of carbonyl (C=O) groups is 1. The average molecular weight is 380 g/mol. The van der Waals surface area contributed by atoms with Gasteiger partial charge in [-0.3, -0.25) is 4.55 Å². The molecule has 0 spiro atoms. The molecular formula is C15H12N2O4S3. The van der Waals surface area contributed by atoms with E-state index in [-0.39, 0.29) is 10.6 Å². The minimum atomic E-state index is -2.42. The van der Waals surface area contributed by atoms with Crippen LogP contribution < -0.4 is 4.31 Å². The molecule has 3 rings (SSSR count). The van der Waals surface area contributed by atoms with Gasteiger partial charge >= 0.3 is 5.97 Å². The molecular weight excluding hydrogens is 368 g/mol. The lowest BCUT2D eigenvalue weighted by atomic mass is 10.2. The average Bonchev–Trinajstić information content (AvgIpc) is 3.18. The molecule has 0 saturated carbocycles. The van der Waals surface area contributed by atoms with Gasteiger partial charge in [0, 0.05) is 11.6 Å². The number of hydrogen-bond acceptors (Lipinski definition) is 5. The fraction of sp³-hybridized carbons (Fsp3) is 0.0667.